The van der Waals surface area contributed by atoms with E-state index in [0.29, 0.717) is 5.78 Å². The van der Waals surface area contributed by atoms with Gasteiger partial charge in [0.15, 0.2) is 0 Å². The number of hydrogen-bond donors (Lipinski definition) is 2. The summed E-state index contributed by atoms with van der Waals surface area (Å²) in [6, 6.07) is 0. The SMILES string of the molecule is O=C(O)Cl.O=C1CCNCC1. The standard InChI is InChI=1S/C5H9NO.CHClO2/c7-5-1-3-6-4-2-5;2-1(3)4/h6H,1-4H2;(H,3,4). The van der Waals surface area contributed by atoms with Crippen LogP contribution in [0.25, 0.3) is 0 Å². The lowest BCUT2D eigenvalue weighted by Gasteiger charge is -2.08. The summed E-state index contributed by atoms with van der Waals surface area (Å²) in [5.74, 6) is 0.402. The topological polar surface area (TPSA) is 66.4 Å². The number of ketones is 1. The molecule has 0 unspecified atom stereocenters. The van der Waals surface area contributed by atoms with Gasteiger partial charge in [-0.1, -0.05) is 0 Å². The van der Waals surface area contributed by atoms with E-state index in [1.54, 1.807) is 0 Å². The van der Waals surface area contributed by atoms with Crippen LogP contribution in [0.2, 0.25) is 0 Å². The summed E-state index contributed by atoms with van der Waals surface area (Å²) < 4.78 is 0. The van der Waals surface area contributed by atoms with Crippen LogP contribution in [0.4, 0.5) is 4.79 Å². The number of carboxylic acid groups (broad SMARTS) is 1. The molecule has 1 aliphatic heterocycles. The Morgan fingerprint density at radius 3 is 2.00 bits per heavy atom. The highest BCUT2D eigenvalue weighted by molar-refractivity contribution is 6.60. The first-order chi connectivity index (χ1) is 5.13. The Kier molecular flexibility index (Phi) is 5.78. The van der Waals surface area contributed by atoms with Crippen LogP contribution in [0.15, 0.2) is 0 Å². The zero-order valence-corrected chi connectivity index (χ0v) is 6.73. The predicted molar refractivity (Wildman–Crippen MR) is 41.0 cm³/mol. The second kappa shape index (κ2) is 6.12. The fourth-order valence-corrected chi connectivity index (χ4v) is 0.706. The Morgan fingerprint density at radius 2 is 1.82 bits per heavy atom. The summed E-state index contributed by atoms with van der Waals surface area (Å²) in [4.78, 5) is 19.2. The van der Waals surface area contributed by atoms with Crippen molar-refractivity contribution in [2.45, 2.75) is 12.8 Å². The number of piperidine rings is 1. The van der Waals surface area contributed by atoms with Gasteiger partial charge in [0, 0.05) is 37.5 Å². The van der Waals surface area contributed by atoms with Crippen molar-refractivity contribution in [3.8, 4) is 0 Å². The summed E-state index contributed by atoms with van der Waals surface area (Å²) in [6.45, 7) is 1.78. The molecule has 1 saturated heterocycles. The van der Waals surface area contributed by atoms with Crippen LogP contribution < -0.4 is 5.32 Å². The fraction of sp³-hybridized carbons (Fsp3) is 0.667. The second-order valence-electron chi connectivity index (χ2n) is 2.04. The Hall–Kier alpha value is -0.610. The minimum absolute atomic E-state index is 0.402. The molecule has 0 amide bonds. The van der Waals surface area contributed by atoms with Crippen LogP contribution in [-0.4, -0.2) is 29.4 Å². The molecule has 64 valence electrons. The molecule has 1 heterocycles. The molecule has 0 aromatic carbocycles. The van der Waals surface area contributed by atoms with Crippen LogP contribution in [0.3, 0.4) is 0 Å². The Bertz CT molecular complexity index is 137. The van der Waals surface area contributed by atoms with Gasteiger partial charge < -0.3 is 10.4 Å². The average Bonchev–Trinajstić information content (AvgIpc) is 1.87. The number of carbonyl (C=O) groups excluding carboxylic acids is 1. The molecule has 0 bridgehead atoms. The molecular formula is C6H10ClNO3. The smallest absolute Gasteiger partial charge is 0.401 e. The van der Waals surface area contributed by atoms with Gasteiger partial charge >= 0.3 is 5.43 Å². The summed E-state index contributed by atoms with van der Waals surface area (Å²) in [5, 5.41) is 10.3. The summed E-state index contributed by atoms with van der Waals surface area (Å²) in [7, 11) is 0. The molecule has 1 fully saturated rings. The highest BCUT2D eigenvalue weighted by atomic mass is 35.5. The van der Waals surface area contributed by atoms with Gasteiger partial charge in [-0.25, -0.2) is 4.79 Å². The van der Waals surface area contributed by atoms with Crippen LogP contribution in [0.5, 0.6) is 0 Å². The van der Waals surface area contributed by atoms with Crippen molar-refractivity contribution in [3.63, 3.8) is 0 Å². The normalized spacial score (nSPS) is 16.6. The lowest BCUT2D eigenvalue weighted by Crippen LogP contribution is -2.27. The van der Waals surface area contributed by atoms with Gasteiger partial charge in [0.1, 0.15) is 5.78 Å². The van der Waals surface area contributed by atoms with E-state index in [-0.39, 0.29) is 0 Å². The lowest BCUT2D eigenvalue weighted by molar-refractivity contribution is -0.119. The highest BCUT2D eigenvalue weighted by Crippen LogP contribution is 1.91. The van der Waals surface area contributed by atoms with Crippen molar-refractivity contribution in [2.75, 3.05) is 13.1 Å². The second-order valence-corrected chi connectivity index (χ2v) is 2.36. The van der Waals surface area contributed by atoms with Crippen molar-refractivity contribution in [1.29, 1.82) is 0 Å². The third-order valence-electron chi connectivity index (χ3n) is 1.16. The van der Waals surface area contributed by atoms with Gasteiger partial charge in [-0.15, -0.1) is 0 Å². The number of nitrogens with one attached hydrogen (secondary N) is 1. The third kappa shape index (κ3) is 9.39. The van der Waals surface area contributed by atoms with E-state index < -0.39 is 5.43 Å². The van der Waals surface area contributed by atoms with E-state index in [0.717, 1.165) is 25.9 Å². The molecule has 0 spiro atoms. The molecule has 0 aromatic heterocycles. The van der Waals surface area contributed by atoms with Gasteiger partial charge in [-0.05, 0) is 0 Å². The maximum Gasteiger partial charge on any atom is 0.401 e. The average molecular weight is 180 g/mol. The molecular weight excluding hydrogens is 170 g/mol. The van der Waals surface area contributed by atoms with Crippen molar-refractivity contribution >= 4 is 22.8 Å². The van der Waals surface area contributed by atoms with E-state index in [1.807, 2.05) is 0 Å². The van der Waals surface area contributed by atoms with E-state index in [4.69, 9.17) is 9.90 Å². The van der Waals surface area contributed by atoms with Gasteiger partial charge in [0.25, 0.3) is 0 Å². The molecule has 1 rings (SSSR count). The predicted octanol–water partition coefficient (Wildman–Crippen LogP) is 0.842. The van der Waals surface area contributed by atoms with Crippen LogP contribution in [-0.2, 0) is 4.79 Å². The monoisotopic (exact) mass is 179 g/mol. The van der Waals surface area contributed by atoms with Crippen LogP contribution in [0.1, 0.15) is 12.8 Å². The Balaban J connectivity index is 0.000000218. The van der Waals surface area contributed by atoms with Crippen molar-refractivity contribution in [3.05, 3.63) is 0 Å². The van der Waals surface area contributed by atoms with Crippen molar-refractivity contribution in [2.24, 2.45) is 0 Å². The van der Waals surface area contributed by atoms with Crippen LogP contribution >= 0.6 is 11.6 Å². The molecule has 2 N–H and O–H groups in total. The molecule has 0 aromatic rings. The third-order valence-corrected chi connectivity index (χ3v) is 1.16. The van der Waals surface area contributed by atoms with E-state index in [2.05, 4.69) is 16.9 Å². The Labute approximate surface area is 69.5 Å². The molecule has 5 heteroatoms. The van der Waals surface area contributed by atoms with E-state index in [9.17, 15) is 4.79 Å². The summed E-state index contributed by atoms with van der Waals surface area (Å²) >= 11 is 4.19. The molecule has 0 aliphatic carbocycles. The van der Waals surface area contributed by atoms with E-state index in [1.165, 1.54) is 0 Å². The van der Waals surface area contributed by atoms with Crippen molar-refractivity contribution < 1.29 is 14.7 Å². The van der Waals surface area contributed by atoms with Gasteiger partial charge in [-0.3, -0.25) is 4.79 Å². The fourth-order valence-electron chi connectivity index (χ4n) is 0.706. The number of hydrogen-bond acceptors (Lipinski definition) is 3. The first-order valence-electron chi connectivity index (χ1n) is 3.24. The quantitative estimate of drug-likeness (QED) is 0.541. The number of halogens is 1. The molecule has 0 atom stereocenters. The first kappa shape index (κ1) is 10.4. The molecule has 0 saturated carbocycles. The molecule has 11 heavy (non-hydrogen) atoms. The minimum Gasteiger partial charge on any atom is -0.469 e. The zero-order valence-electron chi connectivity index (χ0n) is 5.97. The molecule has 0 radical (unpaired) electrons. The first-order valence-corrected chi connectivity index (χ1v) is 3.61. The van der Waals surface area contributed by atoms with Gasteiger partial charge in [0.05, 0.1) is 0 Å². The largest absolute Gasteiger partial charge is 0.469 e. The van der Waals surface area contributed by atoms with Crippen molar-refractivity contribution in [1.82, 2.24) is 5.32 Å². The van der Waals surface area contributed by atoms with Gasteiger partial charge in [0.2, 0.25) is 0 Å². The number of carbonyl (C=O) groups is 2. The molecule has 4 nitrogen and oxygen atoms in total. The maximum absolute atomic E-state index is 10.4. The minimum atomic E-state index is -1.36. The molecule has 1 aliphatic rings. The maximum atomic E-state index is 10.4. The van der Waals surface area contributed by atoms with Crippen LogP contribution in [0, 0.1) is 0 Å². The van der Waals surface area contributed by atoms with E-state index >= 15 is 0 Å². The Morgan fingerprint density at radius 1 is 1.45 bits per heavy atom. The number of rotatable bonds is 0. The zero-order chi connectivity index (χ0) is 8.69. The summed E-state index contributed by atoms with van der Waals surface area (Å²) in [6.07, 6.45) is 1.47. The highest BCUT2D eigenvalue weighted by Gasteiger charge is 2.04. The van der Waals surface area contributed by atoms with Gasteiger partial charge in [-0.2, -0.15) is 0 Å². The number of Topliss-reactive ketones (excluding diaryl/α,β-unsaturated/α-hetero) is 1. The summed E-state index contributed by atoms with van der Waals surface area (Å²) in [5.41, 5.74) is -1.36. The lowest BCUT2D eigenvalue weighted by atomic mass is 10.1.